The summed E-state index contributed by atoms with van der Waals surface area (Å²) in [5.41, 5.74) is 12.3. The van der Waals surface area contributed by atoms with Gasteiger partial charge in [0.15, 0.2) is 5.65 Å². The third kappa shape index (κ3) is 3.99. The van der Waals surface area contributed by atoms with Crippen molar-refractivity contribution >= 4 is 34.3 Å². The lowest BCUT2D eigenvalue weighted by Gasteiger charge is -2.10. The minimum Gasteiger partial charge on any atom is -0.399 e. The summed E-state index contributed by atoms with van der Waals surface area (Å²) in [7, 11) is 1.96. The molecular weight excluding hydrogens is 366 g/mol. The van der Waals surface area contributed by atoms with E-state index in [1.54, 1.807) is 23.7 Å². The first-order valence-corrected chi connectivity index (χ1v) is 8.94. The number of aryl methyl sites for hydroxylation is 1. The van der Waals surface area contributed by atoms with Gasteiger partial charge in [0.2, 0.25) is 6.41 Å². The number of hydrogen-bond donors (Lipinski definition) is 4. The number of fused-ring (bicyclic) bond motifs is 1. The first kappa shape index (κ1) is 18.6. The van der Waals surface area contributed by atoms with E-state index < -0.39 is 0 Å². The van der Waals surface area contributed by atoms with Crippen LogP contribution in [0.4, 0.5) is 0 Å². The van der Waals surface area contributed by atoms with Gasteiger partial charge in [0.25, 0.3) is 0 Å². The minimum absolute atomic E-state index is 0.132. The number of amides is 1. The van der Waals surface area contributed by atoms with Crippen LogP contribution < -0.4 is 17.0 Å². The quantitative estimate of drug-likeness (QED) is 0.190. The Morgan fingerprint density at radius 1 is 1.56 bits per heavy atom. The molecule has 0 fully saturated rings. The maximum absolute atomic E-state index is 11.3. The number of hydrazine groups is 1. The first-order valence-electron chi connectivity index (χ1n) is 8.13. The highest BCUT2D eigenvalue weighted by Gasteiger charge is 2.16. The molecule has 0 atom stereocenters. The lowest BCUT2D eigenvalue weighted by atomic mass is 10.3. The van der Waals surface area contributed by atoms with E-state index in [2.05, 4.69) is 20.7 Å². The SMILES string of the molecule is Cc1c(/C=N\N(C=O)C/C(N)=C/NN)c2sc(Cc3ccn[nH]3)nc2n1C. The molecule has 27 heavy (non-hydrogen) atoms. The van der Waals surface area contributed by atoms with Crippen molar-refractivity contribution < 1.29 is 4.79 Å². The molecule has 3 heterocycles. The zero-order valence-electron chi connectivity index (χ0n) is 15.0. The van der Waals surface area contributed by atoms with Crippen molar-refractivity contribution in [3.8, 4) is 0 Å². The van der Waals surface area contributed by atoms with Crippen molar-refractivity contribution in [2.45, 2.75) is 13.3 Å². The molecular formula is C16H21N9OS. The number of nitrogens with one attached hydrogen (secondary N) is 2. The lowest BCUT2D eigenvalue weighted by Crippen LogP contribution is -2.25. The third-order valence-corrected chi connectivity index (χ3v) is 5.16. The summed E-state index contributed by atoms with van der Waals surface area (Å²) in [4.78, 5) is 16.0. The second-order valence-electron chi connectivity index (χ2n) is 5.91. The fraction of sp³-hybridized carbons (Fsp3) is 0.250. The second-order valence-corrected chi connectivity index (χ2v) is 6.99. The van der Waals surface area contributed by atoms with E-state index in [0.717, 1.165) is 32.3 Å². The minimum atomic E-state index is 0.132. The van der Waals surface area contributed by atoms with Gasteiger partial charge in [0.1, 0.15) is 5.01 Å². The molecule has 3 rings (SSSR count). The van der Waals surface area contributed by atoms with E-state index in [1.807, 2.05) is 24.6 Å². The molecule has 0 spiro atoms. The predicted molar refractivity (Wildman–Crippen MR) is 105 cm³/mol. The number of H-pyrrole nitrogens is 1. The van der Waals surface area contributed by atoms with Crippen LogP contribution in [0.1, 0.15) is 22.0 Å². The summed E-state index contributed by atoms with van der Waals surface area (Å²) in [6.45, 7) is 2.12. The van der Waals surface area contributed by atoms with Crippen LogP contribution in [-0.2, 0) is 18.3 Å². The number of carbonyl (C=O) groups excluding carboxylic acids is 1. The van der Waals surface area contributed by atoms with E-state index in [-0.39, 0.29) is 6.54 Å². The Hall–Kier alpha value is -3.18. The number of aromatic amines is 1. The highest BCUT2D eigenvalue weighted by Crippen LogP contribution is 2.30. The van der Waals surface area contributed by atoms with Crippen molar-refractivity contribution in [1.82, 2.24) is 30.2 Å². The molecule has 1 amide bonds. The van der Waals surface area contributed by atoms with Crippen molar-refractivity contribution in [1.29, 1.82) is 0 Å². The van der Waals surface area contributed by atoms with Gasteiger partial charge in [-0.1, -0.05) is 0 Å². The summed E-state index contributed by atoms with van der Waals surface area (Å²) in [5, 5.41) is 13.3. The van der Waals surface area contributed by atoms with Gasteiger partial charge in [-0.2, -0.15) is 10.2 Å². The average molecular weight is 387 g/mol. The predicted octanol–water partition coefficient (Wildman–Crippen LogP) is 0.313. The van der Waals surface area contributed by atoms with Crippen molar-refractivity contribution in [2.75, 3.05) is 6.54 Å². The number of hydrazone groups is 1. The third-order valence-electron chi connectivity index (χ3n) is 4.08. The van der Waals surface area contributed by atoms with Crippen molar-refractivity contribution in [3.63, 3.8) is 0 Å². The molecule has 0 bridgehead atoms. The smallest absolute Gasteiger partial charge is 0.230 e. The molecule has 10 nitrogen and oxygen atoms in total. The van der Waals surface area contributed by atoms with Crippen LogP contribution >= 0.6 is 11.3 Å². The summed E-state index contributed by atoms with van der Waals surface area (Å²) in [6, 6.07) is 1.93. The van der Waals surface area contributed by atoms with Gasteiger partial charge >= 0.3 is 0 Å². The molecule has 0 saturated carbocycles. The van der Waals surface area contributed by atoms with Crippen molar-refractivity contribution in [3.05, 3.63) is 46.1 Å². The van der Waals surface area contributed by atoms with Gasteiger partial charge < -0.3 is 15.7 Å². The van der Waals surface area contributed by atoms with Gasteiger partial charge in [-0.05, 0) is 13.0 Å². The van der Waals surface area contributed by atoms with E-state index in [9.17, 15) is 4.79 Å². The lowest BCUT2D eigenvalue weighted by molar-refractivity contribution is -0.117. The average Bonchev–Trinajstić information content (AvgIpc) is 3.34. The topological polar surface area (TPSA) is 143 Å². The number of thiazole rings is 1. The number of nitrogens with two attached hydrogens (primary N) is 2. The van der Waals surface area contributed by atoms with Crippen molar-refractivity contribution in [2.24, 2.45) is 23.7 Å². The van der Waals surface area contributed by atoms with E-state index in [0.29, 0.717) is 18.5 Å². The number of nitrogens with zero attached hydrogens (tertiary/aromatic N) is 5. The van der Waals surface area contributed by atoms with Gasteiger partial charge in [-0.3, -0.25) is 15.7 Å². The number of hydrogen-bond acceptors (Lipinski definition) is 8. The second kappa shape index (κ2) is 8.01. The molecule has 6 N–H and O–H groups in total. The van der Waals surface area contributed by atoms with Crippen LogP contribution in [0.5, 0.6) is 0 Å². The Morgan fingerprint density at radius 2 is 2.37 bits per heavy atom. The molecule has 11 heteroatoms. The zero-order valence-corrected chi connectivity index (χ0v) is 15.8. The maximum Gasteiger partial charge on any atom is 0.230 e. The fourth-order valence-electron chi connectivity index (χ4n) is 2.61. The molecule has 0 aromatic carbocycles. The molecule has 0 saturated heterocycles. The van der Waals surface area contributed by atoms with Gasteiger partial charge in [-0.25, -0.2) is 9.99 Å². The van der Waals surface area contributed by atoms with Crippen LogP contribution in [0.2, 0.25) is 0 Å². The number of rotatable bonds is 8. The van der Waals surface area contributed by atoms with E-state index in [4.69, 9.17) is 16.6 Å². The zero-order chi connectivity index (χ0) is 19.4. The van der Waals surface area contributed by atoms with Crippen LogP contribution in [0.3, 0.4) is 0 Å². The van der Waals surface area contributed by atoms with E-state index in [1.165, 1.54) is 11.2 Å². The Bertz CT molecular complexity index is 984. The summed E-state index contributed by atoms with van der Waals surface area (Å²) < 4.78 is 3.04. The van der Waals surface area contributed by atoms with E-state index >= 15 is 0 Å². The van der Waals surface area contributed by atoms with Gasteiger partial charge in [0.05, 0.1) is 17.5 Å². The summed E-state index contributed by atoms with van der Waals surface area (Å²) >= 11 is 1.60. The number of carbonyl (C=O) groups is 1. The first-order chi connectivity index (χ1) is 13.0. The van der Waals surface area contributed by atoms with Gasteiger partial charge in [0, 0.05) is 48.5 Å². The standard InChI is InChI=1S/C16H21N9OS/c1-10-13(7-21-25(9-26)8-11(17)6-19-18)15-16(24(10)2)22-14(27-15)5-12-3-4-20-23-12/h3-4,6-7,9,19H,5,8,17-18H2,1-2H3,(H,20,23)/b11-6-,21-7-. The Balaban J connectivity index is 1.88. The summed E-state index contributed by atoms with van der Waals surface area (Å²) in [5.74, 6) is 5.18. The molecule has 0 aliphatic carbocycles. The molecule has 0 aliphatic heterocycles. The van der Waals surface area contributed by atoms with Crippen LogP contribution in [0, 0.1) is 6.92 Å². The maximum atomic E-state index is 11.3. The highest BCUT2D eigenvalue weighted by molar-refractivity contribution is 7.19. The highest BCUT2D eigenvalue weighted by atomic mass is 32.1. The molecule has 0 unspecified atom stereocenters. The number of aromatic nitrogens is 4. The Kier molecular flexibility index (Phi) is 5.52. The molecule has 142 valence electrons. The molecule has 3 aromatic heterocycles. The van der Waals surface area contributed by atoms with Crippen LogP contribution in [0.15, 0.2) is 29.3 Å². The van der Waals surface area contributed by atoms with Crippen LogP contribution in [-0.4, -0.2) is 43.9 Å². The summed E-state index contributed by atoms with van der Waals surface area (Å²) in [6.07, 6.45) is 6.08. The Labute approximate surface area is 159 Å². The van der Waals surface area contributed by atoms with Crippen LogP contribution in [0.25, 0.3) is 10.3 Å². The fourth-order valence-corrected chi connectivity index (χ4v) is 3.79. The molecule has 0 aliphatic rings. The van der Waals surface area contributed by atoms with Gasteiger partial charge in [-0.15, -0.1) is 11.3 Å². The molecule has 3 aromatic rings. The molecule has 0 radical (unpaired) electrons. The largest absolute Gasteiger partial charge is 0.399 e. The monoisotopic (exact) mass is 387 g/mol. The normalized spacial score (nSPS) is 12.2. The Morgan fingerprint density at radius 3 is 3.04 bits per heavy atom.